The number of fused-ring (bicyclic) bond motifs is 1. The van der Waals surface area contributed by atoms with Crippen LogP contribution in [0.25, 0.3) is 10.9 Å². The van der Waals surface area contributed by atoms with Gasteiger partial charge in [-0.15, -0.1) is 0 Å². The van der Waals surface area contributed by atoms with Crippen LogP contribution in [0.1, 0.15) is 11.4 Å². The van der Waals surface area contributed by atoms with Crippen molar-refractivity contribution in [2.75, 3.05) is 5.43 Å². The maximum Gasteiger partial charge on any atom is 0.250 e. The van der Waals surface area contributed by atoms with E-state index in [1.54, 1.807) is 6.21 Å². The first-order valence-corrected chi connectivity index (χ1v) is 8.75. The van der Waals surface area contributed by atoms with Gasteiger partial charge in [0.15, 0.2) is 11.6 Å². The number of halogens is 4. The second-order valence-electron chi connectivity index (χ2n) is 4.83. The van der Waals surface area contributed by atoms with E-state index in [0.29, 0.717) is 11.3 Å². The fourth-order valence-electron chi connectivity index (χ4n) is 2.01. The number of hydrogen-bond acceptors (Lipinski definition) is 4. The summed E-state index contributed by atoms with van der Waals surface area (Å²) in [5, 5.41) is 4.99. The van der Waals surface area contributed by atoms with E-state index in [9.17, 15) is 0 Å². The van der Waals surface area contributed by atoms with Crippen LogP contribution in [0.4, 0.5) is 5.82 Å². The topological polar surface area (TPSA) is 50.2 Å². The predicted octanol–water partition coefficient (Wildman–Crippen LogP) is 5.67. The summed E-state index contributed by atoms with van der Waals surface area (Å²) in [5.41, 5.74) is 4.49. The van der Waals surface area contributed by atoms with Gasteiger partial charge in [0.2, 0.25) is 3.79 Å². The van der Waals surface area contributed by atoms with Gasteiger partial charge in [-0.2, -0.15) is 5.10 Å². The zero-order chi connectivity index (χ0) is 17.2. The smallest absolute Gasteiger partial charge is 0.250 e. The molecular weight excluding hydrogens is 434 g/mol. The molecular formula is C16H10BrCl3N4. The Hall–Kier alpha value is -1.40. The Balaban J connectivity index is 1.94. The van der Waals surface area contributed by atoms with Crippen molar-refractivity contribution in [2.45, 2.75) is 3.79 Å². The second kappa shape index (κ2) is 7.23. The Morgan fingerprint density at radius 2 is 1.71 bits per heavy atom. The Morgan fingerprint density at radius 3 is 2.42 bits per heavy atom. The minimum atomic E-state index is -1.71. The summed E-state index contributed by atoms with van der Waals surface area (Å²) in [7, 11) is 0. The van der Waals surface area contributed by atoms with E-state index in [1.165, 1.54) is 0 Å². The summed E-state index contributed by atoms with van der Waals surface area (Å²) in [4.78, 5) is 8.56. The molecule has 0 aliphatic carbocycles. The molecule has 3 rings (SSSR count). The molecule has 0 saturated heterocycles. The Kier molecular flexibility index (Phi) is 5.25. The highest BCUT2D eigenvalue weighted by atomic mass is 79.9. The van der Waals surface area contributed by atoms with Crippen LogP contribution in [0.2, 0.25) is 0 Å². The number of alkyl halides is 3. The molecule has 0 fully saturated rings. The molecule has 0 bridgehead atoms. The second-order valence-corrected chi connectivity index (χ2v) is 8.03. The first kappa shape index (κ1) is 17.4. The first-order valence-electron chi connectivity index (χ1n) is 6.82. The number of aromatic nitrogens is 2. The lowest BCUT2D eigenvalue weighted by molar-refractivity contribution is 0.992. The van der Waals surface area contributed by atoms with Crippen molar-refractivity contribution >= 4 is 73.7 Å². The van der Waals surface area contributed by atoms with Gasteiger partial charge in [-0.05, 0) is 29.8 Å². The zero-order valence-electron chi connectivity index (χ0n) is 12.0. The van der Waals surface area contributed by atoms with Gasteiger partial charge >= 0.3 is 0 Å². The van der Waals surface area contributed by atoms with Gasteiger partial charge in [-0.25, -0.2) is 9.97 Å². The number of para-hydroxylation sites is 1. The van der Waals surface area contributed by atoms with Gasteiger partial charge in [-0.3, -0.25) is 5.43 Å². The highest BCUT2D eigenvalue weighted by Gasteiger charge is 2.28. The van der Waals surface area contributed by atoms with Crippen molar-refractivity contribution in [3.8, 4) is 0 Å². The van der Waals surface area contributed by atoms with Crippen molar-refractivity contribution < 1.29 is 0 Å². The van der Waals surface area contributed by atoms with Crippen molar-refractivity contribution in [3.05, 3.63) is 64.4 Å². The predicted molar refractivity (Wildman–Crippen MR) is 104 cm³/mol. The highest BCUT2D eigenvalue weighted by molar-refractivity contribution is 9.10. The van der Waals surface area contributed by atoms with Crippen LogP contribution in [0, 0.1) is 0 Å². The van der Waals surface area contributed by atoms with Crippen LogP contribution < -0.4 is 5.43 Å². The van der Waals surface area contributed by atoms with Crippen molar-refractivity contribution in [1.29, 1.82) is 0 Å². The number of rotatable bonds is 3. The van der Waals surface area contributed by atoms with E-state index in [2.05, 4.69) is 36.4 Å². The molecule has 1 heterocycles. The molecule has 0 aliphatic heterocycles. The maximum atomic E-state index is 5.91. The number of benzene rings is 2. The third-order valence-electron chi connectivity index (χ3n) is 3.11. The molecule has 2 aromatic carbocycles. The summed E-state index contributed by atoms with van der Waals surface area (Å²) in [6.07, 6.45) is 1.68. The molecule has 24 heavy (non-hydrogen) atoms. The molecule has 0 atom stereocenters. The van der Waals surface area contributed by atoms with E-state index in [0.717, 1.165) is 15.4 Å². The molecule has 0 radical (unpaired) electrons. The van der Waals surface area contributed by atoms with Gasteiger partial charge in [0.1, 0.15) is 0 Å². The van der Waals surface area contributed by atoms with Crippen LogP contribution in [0.3, 0.4) is 0 Å². The normalized spacial score (nSPS) is 12.0. The van der Waals surface area contributed by atoms with Gasteiger partial charge in [0.25, 0.3) is 0 Å². The lowest BCUT2D eigenvalue weighted by Crippen LogP contribution is -2.09. The Labute approximate surface area is 162 Å². The molecule has 8 heteroatoms. The van der Waals surface area contributed by atoms with E-state index >= 15 is 0 Å². The quantitative estimate of drug-likeness (QED) is 0.322. The molecule has 0 unspecified atom stereocenters. The van der Waals surface area contributed by atoms with E-state index in [4.69, 9.17) is 34.8 Å². The van der Waals surface area contributed by atoms with Gasteiger partial charge < -0.3 is 0 Å². The third-order valence-corrected chi connectivity index (χ3v) is 4.15. The lowest BCUT2D eigenvalue weighted by atomic mass is 10.2. The van der Waals surface area contributed by atoms with Crippen LogP contribution in [-0.2, 0) is 3.79 Å². The minimum Gasteiger partial charge on any atom is -0.261 e. The van der Waals surface area contributed by atoms with Crippen LogP contribution in [-0.4, -0.2) is 16.2 Å². The molecule has 0 amide bonds. The molecule has 1 aromatic heterocycles. The highest BCUT2D eigenvalue weighted by Crippen LogP contribution is 2.37. The van der Waals surface area contributed by atoms with Crippen LogP contribution in [0.15, 0.2) is 58.1 Å². The largest absolute Gasteiger partial charge is 0.261 e. The number of nitrogens with one attached hydrogen (secondary N) is 1. The average Bonchev–Trinajstić information content (AvgIpc) is 2.55. The lowest BCUT2D eigenvalue weighted by Gasteiger charge is -2.12. The van der Waals surface area contributed by atoms with E-state index in [1.807, 2.05) is 48.5 Å². The fourth-order valence-corrected chi connectivity index (χ4v) is 2.52. The minimum absolute atomic E-state index is 0.0903. The molecule has 0 saturated carbocycles. The molecule has 0 spiro atoms. The fraction of sp³-hybridized carbons (Fsp3) is 0.0625. The van der Waals surface area contributed by atoms with Crippen LogP contribution in [0.5, 0.6) is 0 Å². The van der Waals surface area contributed by atoms with Crippen molar-refractivity contribution in [3.63, 3.8) is 0 Å². The summed E-state index contributed by atoms with van der Waals surface area (Å²) < 4.78 is -0.711. The average molecular weight is 445 g/mol. The van der Waals surface area contributed by atoms with Crippen molar-refractivity contribution in [2.24, 2.45) is 5.10 Å². The summed E-state index contributed by atoms with van der Waals surface area (Å²) >= 11 is 21.1. The monoisotopic (exact) mass is 442 g/mol. The van der Waals surface area contributed by atoms with E-state index in [-0.39, 0.29) is 5.82 Å². The van der Waals surface area contributed by atoms with Gasteiger partial charge in [0.05, 0.1) is 11.7 Å². The Morgan fingerprint density at radius 1 is 1.00 bits per heavy atom. The standard InChI is InChI=1S/C16H10BrCl3N4/c17-11-7-5-10(6-8-11)9-21-24-14-12-3-1-2-4-13(12)22-15(23-14)16(18,19)20/h1-9H,(H,22,23,24)/b21-9-. The van der Waals surface area contributed by atoms with Crippen molar-refractivity contribution in [1.82, 2.24) is 9.97 Å². The molecule has 0 aliphatic rings. The number of anilines is 1. The third kappa shape index (κ3) is 4.16. The number of hydrazone groups is 1. The van der Waals surface area contributed by atoms with E-state index < -0.39 is 3.79 Å². The van der Waals surface area contributed by atoms with Gasteiger partial charge in [-0.1, -0.05) is 75.0 Å². The summed E-state index contributed by atoms with van der Waals surface area (Å²) in [5.74, 6) is 0.558. The molecule has 122 valence electrons. The zero-order valence-corrected chi connectivity index (χ0v) is 15.9. The first-order chi connectivity index (χ1) is 11.4. The Bertz CT molecular complexity index is 892. The summed E-state index contributed by atoms with van der Waals surface area (Å²) in [6.45, 7) is 0. The maximum absolute atomic E-state index is 5.91. The molecule has 3 aromatic rings. The summed E-state index contributed by atoms with van der Waals surface area (Å²) in [6, 6.07) is 15.1. The number of nitrogens with zero attached hydrogens (tertiary/aromatic N) is 3. The molecule has 1 N–H and O–H groups in total. The molecule has 4 nitrogen and oxygen atoms in total. The van der Waals surface area contributed by atoms with Gasteiger partial charge in [0, 0.05) is 9.86 Å². The SMILES string of the molecule is ClC(Cl)(Cl)c1nc(N/N=C\c2ccc(Br)cc2)c2ccccc2n1. The van der Waals surface area contributed by atoms with Crippen LogP contribution >= 0.6 is 50.7 Å². The number of hydrogen-bond donors (Lipinski definition) is 1.